The van der Waals surface area contributed by atoms with Crippen LogP contribution in [-0.4, -0.2) is 49.7 Å². The summed E-state index contributed by atoms with van der Waals surface area (Å²) >= 11 is 1.36. The number of alkyl halides is 1. The molecule has 1 atom stereocenters. The summed E-state index contributed by atoms with van der Waals surface area (Å²) in [6.07, 6.45) is 5.94. The van der Waals surface area contributed by atoms with Gasteiger partial charge in [-0.15, -0.1) is 16.4 Å². The smallest absolute Gasteiger partial charge is 0.223 e. The third kappa shape index (κ3) is 5.44. The Labute approximate surface area is 214 Å². The van der Waals surface area contributed by atoms with Gasteiger partial charge in [-0.25, -0.2) is 23.7 Å². The molecule has 0 fully saturated rings. The fourth-order valence-corrected chi connectivity index (χ4v) is 5.23. The first-order chi connectivity index (χ1) is 18.0. The molecular formula is C25H23F3N8S. The van der Waals surface area contributed by atoms with Gasteiger partial charge in [0.2, 0.25) is 11.9 Å². The number of hydrogen-bond acceptors (Lipinski definition) is 8. The molecule has 1 unspecified atom stereocenters. The minimum Gasteiger partial charge on any atom is -0.352 e. The molecule has 4 heterocycles. The molecule has 5 aromatic rings. The molecule has 0 bridgehead atoms. The van der Waals surface area contributed by atoms with Crippen molar-refractivity contribution in [3.8, 4) is 21.7 Å². The summed E-state index contributed by atoms with van der Waals surface area (Å²) in [6.45, 7) is 2.57. The van der Waals surface area contributed by atoms with Crippen molar-refractivity contribution in [2.45, 2.75) is 19.5 Å². The highest BCUT2D eigenvalue weighted by atomic mass is 32.1. The fraction of sp³-hybridized carbons (Fsp3) is 0.240. The van der Waals surface area contributed by atoms with Crippen LogP contribution in [0.1, 0.15) is 18.5 Å². The molecule has 12 heteroatoms. The summed E-state index contributed by atoms with van der Waals surface area (Å²) in [7, 11) is 0. The van der Waals surface area contributed by atoms with Crippen molar-refractivity contribution in [1.82, 2.24) is 35.3 Å². The molecule has 8 nitrogen and oxygen atoms in total. The molecule has 0 aliphatic rings. The third-order valence-corrected chi connectivity index (χ3v) is 7.01. The Balaban J connectivity index is 1.49. The van der Waals surface area contributed by atoms with Crippen LogP contribution in [0.5, 0.6) is 0 Å². The lowest BCUT2D eigenvalue weighted by Crippen LogP contribution is -2.21. The number of nitrogens with one attached hydrogen (secondary N) is 2. The van der Waals surface area contributed by atoms with Gasteiger partial charge in [-0.3, -0.25) is 4.68 Å². The lowest BCUT2D eigenvalue weighted by molar-refractivity contribution is 0.443. The number of thiophene rings is 1. The van der Waals surface area contributed by atoms with Crippen molar-refractivity contribution in [1.29, 1.82) is 0 Å². The van der Waals surface area contributed by atoms with E-state index in [0.717, 1.165) is 27.4 Å². The molecule has 0 radical (unpaired) electrons. The van der Waals surface area contributed by atoms with Crippen LogP contribution in [-0.2, 0) is 6.54 Å². The van der Waals surface area contributed by atoms with Crippen molar-refractivity contribution < 1.29 is 13.2 Å². The zero-order valence-corrected chi connectivity index (χ0v) is 20.6. The largest absolute Gasteiger partial charge is 0.352 e. The molecule has 0 saturated carbocycles. The number of fused-ring (bicyclic) bond motifs is 1. The van der Waals surface area contributed by atoms with Crippen molar-refractivity contribution >= 4 is 27.4 Å². The minimum absolute atomic E-state index is 0.171. The second kappa shape index (κ2) is 11.0. The second-order valence-corrected chi connectivity index (χ2v) is 9.33. The Morgan fingerprint density at radius 1 is 1.08 bits per heavy atom. The highest BCUT2D eigenvalue weighted by molar-refractivity contribution is 7.22. The number of nitrogens with zero attached hydrogens (tertiary/aromatic N) is 6. The van der Waals surface area contributed by atoms with Crippen LogP contribution in [0.3, 0.4) is 0 Å². The summed E-state index contributed by atoms with van der Waals surface area (Å²) in [5, 5.41) is 14.7. The minimum atomic E-state index is -0.617. The first-order valence-corrected chi connectivity index (χ1v) is 12.4. The van der Waals surface area contributed by atoms with Gasteiger partial charge in [0.05, 0.1) is 23.8 Å². The average Bonchev–Trinajstić information content (AvgIpc) is 3.58. The topological polar surface area (TPSA) is 93.4 Å². The van der Waals surface area contributed by atoms with Crippen molar-refractivity contribution in [3.63, 3.8) is 0 Å². The molecule has 5 rings (SSSR count). The molecule has 190 valence electrons. The van der Waals surface area contributed by atoms with Gasteiger partial charge in [0, 0.05) is 47.9 Å². The van der Waals surface area contributed by atoms with Gasteiger partial charge >= 0.3 is 0 Å². The van der Waals surface area contributed by atoms with Crippen LogP contribution in [0.2, 0.25) is 0 Å². The monoisotopic (exact) mass is 524 g/mol. The van der Waals surface area contributed by atoms with Gasteiger partial charge in [-0.1, -0.05) is 23.4 Å². The Morgan fingerprint density at radius 2 is 1.97 bits per heavy atom. The zero-order chi connectivity index (χ0) is 25.8. The first-order valence-electron chi connectivity index (χ1n) is 11.6. The van der Waals surface area contributed by atoms with E-state index in [1.54, 1.807) is 17.1 Å². The summed E-state index contributed by atoms with van der Waals surface area (Å²) < 4.78 is 44.3. The van der Waals surface area contributed by atoms with Crippen LogP contribution < -0.4 is 10.6 Å². The van der Waals surface area contributed by atoms with Gasteiger partial charge in [0.15, 0.2) is 5.82 Å². The molecule has 2 N–H and O–H groups in total. The summed E-state index contributed by atoms with van der Waals surface area (Å²) in [6, 6.07) is 8.64. The summed E-state index contributed by atoms with van der Waals surface area (Å²) in [4.78, 5) is 12.9. The molecule has 0 saturated heterocycles. The van der Waals surface area contributed by atoms with E-state index in [1.165, 1.54) is 23.6 Å². The summed E-state index contributed by atoms with van der Waals surface area (Å²) in [5.41, 5.74) is 2.33. The highest BCUT2D eigenvalue weighted by Crippen LogP contribution is 2.41. The lowest BCUT2D eigenvalue weighted by Gasteiger charge is -2.17. The van der Waals surface area contributed by atoms with E-state index in [1.807, 2.05) is 31.2 Å². The SMILES string of the molecule is CC(NCCF)c1cnc(F)cc1-c1cccc2cc(-c3nc(NCCn4ccnn4)ncc3F)sc12. The molecule has 0 amide bonds. The van der Waals surface area contributed by atoms with Crippen molar-refractivity contribution in [3.05, 3.63) is 72.4 Å². The third-order valence-electron chi connectivity index (χ3n) is 5.82. The van der Waals surface area contributed by atoms with E-state index in [0.29, 0.717) is 29.5 Å². The van der Waals surface area contributed by atoms with Crippen LogP contribution >= 0.6 is 11.3 Å². The molecule has 4 aromatic heterocycles. The number of benzene rings is 1. The predicted molar refractivity (Wildman–Crippen MR) is 137 cm³/mol. The number of aromatic nitrogens is 6. The van der Waals surface area contributed by atoms with E-state index < -0.39 is 18.4 Å². The van der Waals surface area contributed by atoms with Gasteiger partial charge in [0.1, 0.15) is 12.4 Å². The Kier molecular flexibility index (Phi) is 7.37. The Hall–Kier alpha value is -3.90. The van der Waals surface area contributed by atoms with E-state index in [-0.39, 0.29) is 18.3 Å². The normalized spacial score (nSPS) is 12.2. The molecule has 0 aliphatic heterocycles. The Morgan fingerprint density at radius 3 is 2.78 bits per heavy atom. The molecule has 0 aliphatic carbocycles. The van der Waals surface area contributed by atoms with Crippen LogP contribution in [0.25, 0.3) is 31.8 Å². The molecule has 0 spiro atoms. The predicted octanol–water partition coefficient (Wildman–Crippen LogP) is 5.02. The van der Waals surface area contributed by atoms with Gasteiger partial charge in [-0.2, -0.15) is 4.39 Å². The molecule has 1 aromatic carbocycles. The zero-order valence-electron chi connectivity index (χ0n) is 19.8. The van der Waals surface area contributed by atoms with Gasteiger partial charge < -0.3 is 10.6 Å². The maximum Gasteiger partial charge on any atom is 0.223 e. The number of anilines is 1. The molecular weight excluding hydrogens is 501 g/mol. The lowest BCUT2D eigenvalue weighted by atomic mass is 9.96. The Bertz CT molecular complexity index is 1510. The van der Waals surface area contributed by atoms with E-state index in [9.17, 15) is 13.2 Å². The number of halogens is 3. The summed E-state index contributed by atoms with van der Waals surface area (Å²) in [5.74, 6) is -0.872. The average molecular weight is 525 g/mol. The molecule has 37 heavy (non-hydrogen) atoms. The maximum absolute atomic E-state index is 14.8. The van der Waals surface area contributed by atoms with Gasteiger partial charge in [0.25, 0.3) is 0 Å². The second-order valence-electron chi connectivity index (χ2n) is 8.28. The highest BCUT2D eigenvalue weighted by Gasteiger charge is 2.19. The van der Waals surface area contributed by atoms with Crippen LogP contribution in [0.15, 0.2) is 55.1 Å². The van der Waals surface area contributed by atoms with E-state index >= 15 is 0 Å². The van der Waals surface area contributed by atoms with Gasteiger partial charge in [-0.05, 0) is 29.5 Å². The number of hydrogen-bond donors (Lipinski definition) is 2. The van der Waals surface area contributed by atoms with E-state index in [2.05, 4.69) is 35.9 Å². The van der Waals surface area contributed by atoms with Crippen LogP contribution in [0.4, 0.5) is 19.1 Å². The van der Waals surface area contributed by atoms with E-state index in [4.69, 9.17) is 0 Å². The van der Waals surface area contributed by atoms with Crippen molar-refractivity contribution in [2.24, 2.45) is 0 Å². The van der Waals surface area contributed by atoms with Crippen molar-refractivity contribution in [2.75, 3.05) is 25.1 Å². The number of rotatable bonds is 10. The van der Waals surface area contributed by atoms with Crippen LogP contribution in [0, 0.1) is 11.8 Å². The maximum atomic E-state index is 14.8. The quantitative estimate of drug-likeness (QED) is 0.248. The standard InChI is InChI=1S/C25H23F3N8S/c1-15(29-6-5-26)19-13-31-22(28)12-18(19)17-4-2-3-16-11-21(37-24(16)17)23-20(27)14-32-25(34-23)30-7-9-36-10-8-33-35-36/h2-4,8,10-15,29H,5-7,9H2,1H3,(H,30,32,34). The number of pyridine rings is 1. The first kappa shape index (κ1) is 24.8. The fourth-order valence-electron chi connectivity index (χ4n) is 4.05.